The van der Waals surface area contributed by atoms with Crippen molar-refractivity contribution in [1.29, 1.82) is 0 Å². The molecule has 0 aromatic heterocycles. The van der Waals surface area contributed by atoms with Crippen LogP contribution in [0.15, 0.2) is 97.1 Å². The van der Waals surface area contributed by atoms with Gasteiger partial charge >= 0.3 is 0 Å². The van der Waals surface area contributed by atoms with E-state index in [9.17, 15) is 9.59 Å². The van der Waals surface area contributed by atoms with Gasteiger partial charge in [0.05, 0.1) is 0 Å². The molecule has 0 aliphatic heterocycles. The first-order chi connectivity index (χ1) is 12.2. The molecule has 0 saturated carbocycles. The molecule has 3 rings (SSSR count). The number of hydrogen-bond acceptors (Lipinski definition) is 2. The molecule has 0 amide bonds. The van der Waals surface area contributed by atoms with Gasteiger partial charge in [-0.2, -0.15) is 12.1 Å². The molecule has 0 unspecified atom stereocenters. The Morgan fingerprint density at radius 1 is 0.923 bits per heavy atom. The van der Waals surface area contributed by atoms with Crippen LogP contribution in [0.1, 0.15) is 33.2 Å². The summed E-state index contributed by atoms with van der Waals surface area (Å²) in [5.74, 6) is 0.169. The summed E-state index contributed by atoms with van der Waals surface area (Å²) in [6, 6.07) is 24.7. The maximum absolute atomic E-state index is 11.6. The minimum atomic E-state index is 0. The largest absolute Gasteiger partial charge is 0.645 e. The Morgan fingerprint density at radius 2 is 1.54 bits per heavy atom. The number of ketones is 2. The van der Waals surface area contributed by atoms with E-state index in [1.807, 2.05) is 91.0 Å². The molecular weight excluding hydrogens is 364 g/mol. The van der Waals surface area contributed by atoms with Crippen molar-refractivity contribution in [3.8, 4) is 0 Å². The molecule has 3 heteroatoms. The standard InChI is InChI=1S/C16H13O.C7H7O.Fe/c17-16(15-11-5-6-12-15)13-7-4-10-14-8-2-1-3-9-14;1-6(8)7-4-2-3-5-7;/h1-13H;2-5H,1H3;/q-5;-1;. The zero-order chi connectivity index (χ0) is 17.9. The number of carbonyl (C=O) groups excluding carboxylic acids is 2. The first-order valence-corrected chi connectivity index (χ1v) is 8.05. The van der Waals surface area contributed by atoms with Gasteiger partial charge in [0.25, 0.3) is 0 Å². The zero-order valence-corrected chi connectivity index (χ0v) is 15.6. The molecule has 0 aliphatic carbocycles. The third-order valence-corrected chi connectivity index (χ3v) is 3.46. The quantitative estimate of drug-likeness (QED) is 0.192. The van der Waals surface area contributed by atoms with Gasteiger partial charge in [-0.25, -0.2) is 18.2 Å². The predicted octanol–water partition coefficient (Wildman–Crippen LogP) is 5.46. The Labute approximate surface area is 165 Å². The molecule has 138 valence electrons. The van der Waals surface area contributed by atoms with E-state index in [-0.39, 0.29) is 28.6 Å². The maximum Gasteiger partial charge on any atom is 0.105 e. The van der Waals surface area contributed by atoms with E-state index in [2.05, 4.69) is 0 Å². The second-order valence-corrected chi connectivity index (χ2v) is 5.40. The summed E-state index contributed by atoms with van der Waals surface area (Å²) in [6.45, 7) is 1.56. The van der Waals surface area contributed by atoms with Crippen LogP contribution < -0.4 is 0 Å². The molecule has 0 aliphatic rings. The molecule has 0 N–H and O–H groups in total. The maximum atomic E-state index is 11.6. The molecule has 0 bridgehead atoms. The molecule has 0 atom stereocenters. The summed E-state index contributed by atoms with van der Waals surface area (Å²) in [6.07, 6.45) is 7.18. The van der Waals surface area contributed by atoms with Crippen molar-refractivity contribution in [2.75, 3.05) is 0 Å². The van der Waals surface area contributed by atoms with Gasteiger partial charge in [0, 0.05) is 17.1 Å². The number of hydrogen-bond donors (Lipinski definition) is 0. The summed E-state index contributed by atoms with van der Waals surface area (Å²) >= 11 is 0. The molecule has 0 spiro atoms. The molecule has 26 heavy (non-hydrogen) atoms. The van der Waals surface area contributed by atoms with Crippen LogP contribution in [0.25, 0.3) is 6.08 Å². The Bertz CT molecular complexity index is 824. The monoisotopic (exact) mass is 384 g/mol. The van der Waals surface area contributed by atoms with Crippen LogP contribution in [0, 0.1) is 0 Å². The third-order valence-electron chi connectivity index (χ3n) is 3.46. The van der Waals surface area contributed by atoms with Gasteiger partial charge in [-0.15, -0.1) is 0 Å². The van der Waals surface area contributed by atoms with Crippen molar-refractivity contribution in [3.05, 3.63) is 114 Å². The molecule has 0 heterocycles. The van der Waals surface area contributed by atoms with Crippen molar-refractivity contribution in [3.63, 3.8) is 0 Å². The fourth-order valence-corrected chi connectivity index (χ4v) is 2.12. The Morgan fingerprint density at radius 3 is 2.08 bits per heavy atom. The summed E-state index contributed by atoms with van der Waals surface area (Å²) in [5, 5.41) is 0. The average molecular weight is 384 g/mol. The van der Waals surface area contributed by atoms with Crippen LogP contribution in [0.2, 0.25) is 0 Å². The zero-order valence-electron chi connectivity index (χ0n) is 14.5. The van der Waals surface area contributed by atoms with Crippen LogP contribution >= 0.6 is 0 Å². The van der Waals surface area contributed by atoms with Crippen molar-refractivity contribution < 1.29 is 26.7 Å². The van der Waals surface area contributed by atoms with Crippen LogP contribution in [0.3, 0.4) is 0 Å². The van der Waals surface area contributed by atoms with Gasteiger partial charge in [0.1, 0.15) is 5.78 Å². The minimum Gasteiger partial charge on any atom is -0.645 e. The Hall–Kier alpha value is -2.74. The van der Waals surface area contributed by atoms with Crippen LogP contribution in [-0.4, -0.2) is 11.6 Å². The van der Waals surface area contributed by atoms with Gasteiger partial charge in [-0.05, 0) is 12.5 Å². The normalized spacial score (nSPS) is 10.2. The van der Waals surface area contributed by atoms with Crippen molar-refractivity contribution in [2.45, 2.75) is 6.92 Å². The number of rotatable bonds is 5. The topological polar surface area (TPSA) is 34.1 Å². The third kappa shape index (κ3) is 7.43. The molecule has 3 aromatic carbocycles. The van der Waals surface area contributed by atoms with Crippen molar-refractivity contribution >= 4 is 17.6 Å². The van der Waals surface area contributed by atoms with Crippen molar-refractivity contribution in [1.82, 2.24) is 0 Å². The van der Waals surface area contributed by atoms with Crippen LogP contribution in [-0.2, 0) is 17.1 Å². The second-order valence-electron chi connectivity index (χ2n) is 5.40. The van der Waals surface area contributed by atoms with Gasteiger partial charge in [0.2, 0.25) is 0 Å². The van der Waals surface area contributed by atoms with E-state index in [0.717, 1.165) is 16.7 Å². The van der Waals surface area contributed by atoms with E-state index in [1.54, 1.807) is 19.1 Å². The van der Waals surface area contributed by atoms with Crippen molar-refractivity contribution in [2.24, 2.45) is 0 Å². The number of allylic oxidation sites excluding steroid dienone is 3. The predicted molar refractivity (Wildman–Crippen MR) is 103 cm³/mol. The van der Waals surface area contributed by atoms with E-state index in [1.165, 1.54) is 0 Å². The summed E-state index contributed by atoms with van der Waals surface area (Å²) in [5.41, 5.74) is 2.65. The fourth-order valence-electron chi connectivity index (χ4n) is 2.12. The van der Waals surface area contributed by atoms with E-state index in [0.29, 0.717) is 0 Å². The molecule has 0 fully saturated rings. The summed E-state index contributed by atoms with van der Waals surface area (Å²) in [7, 11) is 0. The van der Waals surface area contributed by atoms with E-state index < -0.39 is 0 Å². The summed E-state index contributed by atoms with van der Waals surface area (Å²) in [4.78, 5) is 22.1. The number of Topliss-reactive ketones (excluding diaryl/α,β-unsaturated/α-hetero) is 1. The van der Waals surface area contributed by atoms with Crippen LogP contribution in [0.4, 0.5) is 0 Å². The summed E-state index contributed by atoms with van der Waals surface area (Å²) < 4.78 is 0. The van der Waals surface area contributed by atoms with E-state index in [4.69, 9.17) is 0 Å². The number of carbonyl (C=O) groups is 2. The Kier molecular flexibility index (Phi) is 9.63. The van der Waals surface area contributed by atoms with Gasteiger partial charge in [-0.1, -0.05) is 48.0 Å². The molecule has 0 radical (unpaired) electrons. The van der Waals surface area contributed by atoms with Gasteiger partial charge in [0.15, 0.2) is 0 Å². The first kappa shape index (κ1) is 21.3. The molecule has 0 saturated heterocycles. The molecule has 3 aromatic rings. The Balaban J connectivity index is 0.000000318. The molecular formula is C23H20FeO2-6. The minimum absolute atomic E-state index is 0. The average Bonchev–Trinajstić information content (AvgIpc) is 3.33. The molecule has 2 nitrogen and oxygen atoms in total. The van der Waals surface area contributed by atoms with Crippen LogP contribution in [0.5, 0.6) is 0 Å². The SMILES string of the molecule is CC(=O)[c-]1cccc1.O=C(C=CC=Cc1ccccc1)[c-]1[cH-][cH-][cH-][cH-]1.[Fe]. The smallest absolute Gasteiger partial charge is 0.105 e. The fraction of sp³-hybridized carbons (Fsp3) is 0.0435. The van der Waals surface area contributed by atoms with Gasteiger partial charge in [-0.3, -0.25) is 0 Å². The number of benzene rings is 1. The second kappa shape index (κ2) is 11.8. The van der Waals surface area contributed by atoms with Gasteiger partial charge < -0.3 is 51.3 Å². The van der Waals surface area contributed by atoms with E-state index >= 15 is 0 Å². The first-order valence-electron chi connectivity index (χ1n) is 8.05.